The maximum Gasteiger partial charge on any atom is 0.0890 e. The first kappa shape index (κ1) is 14.4. The molecule has 0 fully saturated rings. The van der Waals surface area contributed by atoms with E-state index in [-0.39, 0.29) is 0 Å². The van der Waals surface area contributed by atoms with Crippen LogP contribution in [0.5, 0.6) is 0 Å². The molecular weight excluding hydrogens is 302 g/mol. The van der Waals surface area contributed by atoms with Gasteiger partial charge >= 0.3 is 0 Å². The molecule has 3 aromatic rings. The molecule has 1 unspecified atom stereocenters. The van der Waals surface area contributed by atoms with Gasteiger partial charge in [-0.25, -0.2) is 0 Å². The largest absolute Gasteiger partial charge is 0.388 e. The Labute approximate surface area is 132 Å². The topological polar surface area (TPSA) is 33.1 Å². The van der Waals surface area contributed by atoms with Gasteiger partial charge < -0.3 is 5.11 Å². The number of thioether (sulfide) groups is 1. The Morgan fingerprint density at radius 1 is 1.10 bits per heavy atom. The minimum Gasteiger partial charge on any atom is -0.388 e. The zero-order valence-corrected chi connectivity index (χ0v) is 12.8. The molecule has 1 aromatic heterocycles. The molecule has 106 valence electrons. The minimum atomic E-state index is -0.529. The van der Waals surface area contributed by atoms with E-state index in [4.69, 9.17) is 11.6 Å². The third kappa shape index (κ3) is 3.38. The number of aliphatic hydroxyl groups excluding tert-OH is 1. The van der Waals surface area contributed by atoms with Crippen molar-refractivity contribution in [3.05, 3.63) is 71.5 Å². The Bertz CT molecular complexity index is 740. The first-order chi connectivity index (χ1) is 10.2. The van der Waals surface area contributed by atoms with Crippen LogP contribution in [0.4, 0.5) is 0 Å². The van der Waals surface area contributed by atoms with Gasteiger partial charge in [0.25, 0.3) is 0 Å². The van der Waals surface area contributed by atoms with Crippen LogP contribution in [-0.2, 0) is 0 Å². The van der Waals surface area contributed by atoms with Crippen molar-refractivity contribution < 1.29 is 5.11 Å². The van der Waals surface area contributed by atoms with Gasteiger partial charge in [-0.2, -0.15) is 0 Å². The van der Waals surface area contributed by atoms with Crippen LogP contribution in [0.25, 0.3) is 10.8 Å². The predicted octanol–water partition coefficient (Wildman–Crippen LogP) is 4.71. The summed E-state index contributed by atoms with van der Waals surface area (Å²) in [6.07, 6.45) is 3.04. The number of hydrogen-bond donors (Lipinski definition) is 1. The number of halogens is 1. The number of pyridine rings is 1. The highest BCUT2D eigenvalue weighted by Gasteiger charge is 2.11. The van der Waals surface area contributed by atoms with Crippen molar-refractivity contribution >= 4 is 34.1 Å². The molecule has 0 aliphatic carbocycles. The van der Waals surface area contributed by atoms with E-state index >= 15 is 0 Å². The van der Waals surface area contributed by atoms with Crippen molar-refractivity contribution in [2.45, 2.75) is 11.0 Å². The third-order valence-corrected chi connectivity index (χ3v) is 4.64. The average Bonchev–Trinajstić information content (AvgIpc) is 2.53. The molecule has 1 N–H and O–H groups in total. The van der Waals surface area contributed by atoms with Crippen molar-refractivity contribution in [3.8, 4) is 0 Å². The fourth-order valence-electron chi connectivity index (χ4n) is 2.22. The molecule has 0 amide bonds. The molecule has 0 bridgehead atoms. The summed E-state index contributed by atoms with van der Waals surface area (Å²) in [6, 6.07) is 15.5. The standard InChI is InChI=1S/C17H14ClNOS/c18-13-4-6-14(7-5-13)21-11-17(20)15-3-1-2-12-8-9-19-10-16(12)15/h1-10,17,20H,11H2. The van der Waals surface area contributed by atoms with Crippen LogP contribution in [0, 0.1) is 0 Å². The van der Waals surface area contributed by atoms with Crippen LogP contribution in [-0.4, -0.2) is 15.8 Å². The summed E-state index contributed by atoms with van der Waals surface area (Å²) in [4.78, 5) is 5.25. The quantitative estimate of drug-likeness (QED) is 0.708. The molecule has 4 heteroatoms. The molecule has 3 rings (SSSR count). The maximum atomic E-state index is 10.5. The van der Waals surface area contributed by atoms with Gasteiger partial charge in [0.1, 0.15) is 0 Å². The number of aromatic nitrogens is 1. The Kier molecular flexibility index (Phi) is 4.44. The fraction of sp³-hybridized carbons (Fsp3) is 0.118. The van der Waals surface area contributed by atoms with Gasteiger partial charge in [0.05, 0.1) is 6.10 Å². The molecule has 0 spiro atoms. The summed E-state index contributed by atoms with van der Waals surface area (Å²) in [5.41, 5.74) is 0.919. The lowest BCUT2D eigenvalue weighted by Gasteiger charge is -2.13. The van der Waals surface area contributed by atoms with Crippen LogP contribution in [0.3, 0.4) is 0 Å². The Morgan fingerprint density at radius 2 is 1.90 bits per heavy atom. The van der Waals surface area contributed by atoms with Gasteiger partial charge in [-0.05, 0) is 41.3 Å². The van der Waals surface area contributed by atoms with Gasteiger partial charge in [-0.15, -0.1) is 11.8 Å². The van der Waals surface area contributed by atoms with Crippen LogP contribution in [0.15, 0.2) is 65.8 Å². The second kappa shape index (κ2) is 6.48. The highest BCUT2D eigenvalue weighted by molar-refractivity contribution is 7.99. The Morgan fingerprint density at radius 3 is 2.71 bits per heavy atom. The van der Waals surface area contributed by atoms with Crippen LogP contribution < -0.4 is 0 Å². The summed E-state index contributed by atoms with van der Waals surface area (Å²) in [7, 11) is 0. The first-order valence-corrected chi connectivity index (χ1v) is 7.99. The number of fused-ring (bicyclic) bond motifs is 1. The van der Waals surface area contributed by atoms with Crippen LogP contribution in [0.1, 0.15) is 11.7 Å². The molecule has 0 saturated heterocycles. The van der Waals surface area contributed by atoms with Crippen molar-refractivity contribution in [1.82, 2.24) is 4.98 Å². The Hall–Kier alpha value is -1.55. The van der Waals surface area contributed by atoms with E-state index in [1.165, 1.54) is 0 Å². The smallest absolute Gasteiger partial charge is 0.0890 e. The third-order valence-electron chi connectivity index (χ3n) is 3.30. The van der Waals surface area contributed by atoms with Crippen molar-refractivity contribution in [2.24, 2.45) is 0 Å². The zero-order valence-electron chi connectivity index (χ0n) is 11.2. The summed E-state index contributed by atoms with van der Waals surface area (Å²) in [5.74, 6) is 0.593. The van der Waals surface area contributed by atoms with E-state index < -0.39 is 6.10 Å². The predicted molar refractivity (Wildman–Crippen MR) is 88.9 cm³/mol. The second-order valence-corrected chi connectivity index (χ2v) is 6.25. The Balaban J connectivity index is 1.78. The minimum absolute atomic E-state index is 0.529. The van der Waals surface area contributed by atoms with Gasteiger partial charge in [-0.1, -0.05) is 29.8 Å². The SMILES string of the molecule is OC(CSc1ccc(Cl)cc1)c1cccc2ccncc12. The molecule has 0 aliphatic rings. The monoisotopic (exact) mass is 315 g/mol. The van der Waals surface area contributed by atoms with Crippen molar-refractivity contribution in [1.29, 1.82) is 0 Å². The summed E-state index contributed by atoms with van der Waals surface area (Å²) in [6.45, 7) is 0. The van der Waals surface area contributed by atoms with Gasteiger partial charge in [0, 0.05) is 33.5 Å². The van der Waals surface area contributed by atoms with E-state index in [0.29, 0.717) is 5.75 Å². The molecule has 0 radical (unpaired) electrons. The van der Waals surface area contributed by atoms with E-state index in [2.05, 4.69) is 4.98 Å². The van der Waals surface area contributed by atoms with E-state index in [1.807, 2.05) is 48.5 Å². The molecule has 21 heavy (non-hydrogen) atoms. The zero-order chi connectivity index (χ0) is 14.7. The average molecular weight is 316 g/mol. The highest BCUT2D eigenvalue weighted by atomic mass is 35.5. The van der Waals surface area contributed by atoms with Crippen LogP contribution >= 0.6 is 23.4 Å². The first-order valence-electron chi connectivity index (χ1n) is 6.63. The fourth-order valence-corrected chi connectivity index (χ4v) is 3.21. The van der Waals surface area contributed by atoms with Gasteiger partial charge in [0.15, 0.2) is 0 Å². The number of benzene rings is 2. The highest BCUT2D eigenvalue weighted by Crippen LogP contribution is 2.29. The summed E-state index contributed by atoms with van der Waals surface area (Å²) >= 11 is 7.48. The molecule has 1 heterocycles. The molecular formula is C17H14ClNOS. The van der Waals surface area contributed by atoms with E-state index in [9.17, 15) is 5.11 Å². The van der Waals surface area contributed by atoms with Crippen molar-refractivity contribution in [2.75, 3.05) is 5.75 Å². The van der Waals surface area contributed by atoms with E-state index in [0.717, 1.165) is 26.3 Å². The maximum absolute atomic E-state index is 10.5. The second-order valence-electron chi connectivity index (χ2n) is 4.72. The number of aliphatic hydroxyl groups is 1. The van der Waals surface area contributed by atoms with Gasteiger partial charge in [0.2, 0.25) is 0 Å². The van der Waals surface area contributed by atoms with E-state index in [1.54, 1.807) is 24.2 Å². The normalized spacial score (nSPS) is 12.5. The molecule has 0 aliphatic heterocycles. The van der Waals surface area contributed by atoms with Gasteiger partial charge in [-0.3, -0.25) is 4.98 Å². The lowest BCUT2D eigenvalue weighted by molar-refractivity contribution is 0.205. The molecule has 1 atom stereocenters. The van der Waals surface area contributed by atoms with Crippen LogP contribution in [0.2, 0.25) is 5.02 Å². The number of nitrogens with zero attached hydrogens (tertiary/aromatic N) is 1. The lowest BCUT2D eigenvalue weighted by atomic mass is 10.0. The summed E-state index contributed by atoms with van der Waals surface area (Å²) in [5, 5.41) is 13.3. The molecule has 0 saturated carbocycles. The number of hydrogen-bond acceptors (Lipinski definition) is 3. The number of rotatable bonds is 4. The van der Waals surface area contributed by atoms with Crippen molar-refractivity contribution in [3.63, 3.8) is 0 Å². The molecule has 2 aromatic carbocycles. The lowest BCUT2D eigenvalue weighted by Crippen LogP contribution is -2.01. The summed E-state index contributed by atoms with van der Waals surface area (Å²) < 4.78 is 0. The molecule has 2 nitrogen and oxygen atoms in total.